The van der Waals surface area contributed by atoms with Crippen molar-refractivity contribution in [1.29, 1.82) is 0 Å². The standard InChI is InChI=1S/C28H28ClN5O4/c1-31(2)25(35)20-7-5-19(6-8-20)21-9-10-22(23(29)16-21)26(36)32-14-11-28(38,12-15-32)17-33-18-30-34-13-3-4-24(34)27(33)37/h3-10,13,16,18,38H,11-12,14-15,17H2,1-2H3. The molecular weight excluding hydrogens is 506 g/mol. The van der Waals surface area contributed by atoms with E-state index in [4.69, 9.17) is 11.6 Å². The van der Waals surface area contributed by atoms with E-state index in [1.807, 2.05) is 18.2 Å². The van der Waals surface area contributed by atoms with Gasteiger partial charge in [0, 0.05) is 38.9 Å². The van der Waals surface area contributed by atoms with Gasteiger partial charge in [-0.3, -0.25) is 19.0 Å². The first kappa shape index (κ1) is 25.7. The van der Waals surface area contributed by atoms with Crippen LogP contribution >= 0.6 is 11.6 Å². The maximum atomic E-state index is 13.2. The monoisotopic (exact) mass is 533 g/mol. The highest BCUT2D eigenvalue weighted by Crippen LogP contribution is 2.29. The minimum Gasteiger partial charge on any atom is -0.388 e. The van der Waals surface area contributed by atoms with E-state index in [0.29, 0.717) is 47.6 Å². The average Bonchev–Trinajstić information content (AvgIpc) is 3.40. The maximum absolute atomic E-state index is 13.2. The van der Waals surface area contributed by atoms with Crippen LogP contribution in [0.4, 0.5) is 0 Å². The molecule has 38 heavy (non-hydrogen) atoms. The molecule has 0 aliphatic carbocycles. The topological polar surface area (TPSA) is 100 Å². The number of rotatable bonds is 5. The van der Waals surface area contributed by atoms with Gasteiger partial charge in [0.2, 0.25) is 0 Å². The summed E-state index contributed by atoms with van der Waals surface area (Å²) >= 11 is 6.53. The summed E-state index contributed by atoms with van der Waals surface area (Å²) in [4.78, 5) is 41.3. The molecule has 10 heteroatoms. The van der Waals surface area contributed by atoms with Crippen LogP contribution in [0, 0.1) is 0 Å². The van der Waals surface area contributed by atoms with Crippen molar-refractivity contribution in [3.05, 3.63) is 93.6 Å². The fourth-order valence-corrected chi connectivity index (χ4v) is 5.04. The van der Waals surface area contributed by atoms with Crippen LogP contribution in [0.15, 0.2) is 71.9 Å². The van der Waals surface area contributed by atoms with Crippen LogP contribution in [0.3, 0.4) is 0 Å². The Morgan fingerprint density at radius 3 is 2.39 bits per heavy atom. The molecule has 1 fully saturated rings. The van der Waals surface area contributed by atoms with E-state index in [9.17, 15) is 19.5 Å². The second-order valence-corrected chi connectivity index (χ2v) is 10.3. The van der Waals surface area contributed by atoms with Gasteiger partial charge in [0.05, 0.1) is 22.7 Å². The summed E-state index contributed by atoms with van der Waals surface area (Å²) in [5.41, 5.74) is 1.80. The minimum absolute atomic E-state index is 0.0743. The molecule has 4 aromatic rings. The lowest BCUT2D eigenvalue weighted by Gasteiger charge is -2.38. The molecule has 0 saturated carbocycles. The summed E-state index contributed by atoms with van der Waals surface area (Å²) in [6, 6.07) is 15.9. The minimum atomic E-state index is -1.12. The Hall–Kier alpha value is -3.95. The van der Waals surface area contributed by atoms with Gasteiger partial charge in [-0.15, -0.1) is 0 Å². The molecule has 3 heterocycles. The zero-order valence-electron chi connectivity index (χ0n) is 21.2. The van der Waals surface area contributed by atoms with Gasteiger partial charge < -0.3 is 14.9 Å². The molecule has 1 N–H and O–H groups in total. The summed E-state index contributed by atoms with van der Waals surface area (Å²) in [5.74, 6) is -0.279. The van der Waals surface area contributed by atoms with E-state index in [0.717, 1.165) is 11.1 Å². The van der Waals surface area contributed by atoms with Gasteiger partial charge in [-0.05, 0) is 60.4 Å². The summed E-state index contributed by atoms with van der Waals surface area (Å²) in [7, 11) is 3.41. The average molecular weight is 534 g/mol. The highest BCUT2D eigenvalue weighted by molar-refractivity contribution is 6.34. The molecule has 0 atom stereocenters. The smallest absolute Gasteiger partial charge is 0.277 e. The zero-order valence-corrected chi connectivity index (χ0v) is 21.9. The van der Waals surface area contributed by atoms with Gasteiger partial charge in [0.25, 0.3) is 17.4 Å². The van der Waals surface area contributed by atoms with Gasteiger partial charge in [0.15, 0.2) is 0 Å². The van der Waals surface area contributed by atoms with E-state index in [2.05, 4.69) is 5.10 Å². The number of fused-ring (bicyclic) bond motifs is 1. The Morgan fingerprint density at radius 2 is 1.74 bits per heavy atom. The molecule has 2 aromatic carbocycles. The number of aromatic nitrogens is 3. The fraction of sp³-hybridized carbons (Fsp3) is 0.286. The second kappa shape index (κ2) is 10.1. The highest BCUT2D eigenvalue weighted by atomic mass is 35.5. The number of benzene rings is 2. The van der Waals surface area contributed by atoms with Crippen molar-refractivity contribution in [3.8, 4) is 11.1 Å². The number of carbonyl (C=O) groups excluding carboxylic acids is 2. The van der Waals surface area contributed by atoms with Crippen LogP contribution in [0.1, 0.15) is 33.6 Å². The Labute approximate surface area is 224 Å². The van der Waals surface area contributed by atoms with Crippen molar-refractivity contribution in [2.45, 2.75) is 25.0 Å². The number of hydrogen-bond donors (Lipinski definition) is 1. The van der Waals surface area contributed by atoms with Crippen LogP contribution < -0.4 is 5.56 Å². The van der Waals surface area contributed by atoms with Crippen molar-refractivity contribution in [1.82, 2.24) is 24.0 Å². The van der Waals surface area contributed by atoms with Gasteiger partial charge in [0.1, 0.15) is 11.8 Å². The van der Waals surface area contributed by atoms with Crippen molar-refractivity contribution >= 4 is 28.9 Å². The largest absolute Gasteiger partial charge is 0.388 e. The highest BCUT2D eigenvalue weighted by Gasteiger charge is 2.35. The Morgan fingerprint density at radius 1 is 1.05 bits per heavy atom. The predicted octanol–water partition coefficient (Wildman–Crippen LogP) is 3.19. The van der Waals surface area contributed by atoms with Crippen LogP contribution in [0.5, 0.6) is 0 Å². The molecule has 0 bridgehead atoms. The summed E-state index contributed by atoms with van der Waals surface area (Å²) in [5, 5.41) is 15.7. The second-order valence-electron chi connectivity index (χ2n) is 9.89. The third-order valence-electron chi connectivity index (χ3n) is 7.04. The Balaban J connectivity index is 1.25. The van der Waals surface area contributed by atoms with Crippen molar-refractivity contribution in [2.24, 2.45) is 0 Å². The number of amides is 2. The van der Waals surface area contributed by atoms with Crippen molar-refractivity contribution in [2.75, 3.05) is 27.2 Å². The molecule has 1 aliphatic rings. The molecule has 5 rings (SSSR count). The van der Waals surface area contributed by atoms with Crippen LogP contribution in [-0.4, -0.2) is 73.7 Å². The van der Waals surface area contributed by atoms with Crippen LogP contribution in [-0.2, 0) is 6.54 Å². The normalized spacial score (nSPS) is 15.0. The molecular formula is C28H28ClN5O4. The van der Waals surface area contributed by atoms with Crippen LogP contribution in [0.25, 0.3) is 16.6 Å². The quantitative estimate of drug-likeness (QED) is 0.425. The number of aliphatic hydroxyl groups is 1. The molecule has 1 aliphatic heterocycles. The molecule has 0 spiro atoms. The molecule has 9 nitrogen and oxygen atoms in total. The van der Waals surface area contributed by atoms with Crippen LogP contribution in [0.2, 0.25) is 5.02 Å². The van der Waals surface area contributed by atoms with Gasteiger partial charge in [-0.1, -0.05) is 29.8 Å². The van der Waals surface area contributed by atoms with E-state index >= 15 is 0 Å². The van der Waals surface area contributed by atoms with E-state index in [-0.39, 0.29) is 23.9 Å². The van der Waals surface area contributed by atoms with Gasteiger partial charge in [-0.25, -0.2) is 4.52 Å². The fourth-order valence-electron chi connectivity index (χ4n) is 4.78. The van der Waals surface area contributed by atoms with E-state index < -0.39 is 5.60 Å². The Kier molecular flexibility index (Phi) is 6.81. The van der Waals surface area contributed by atoms with E-state index in [1.165, 1.54) is 20.3 Å². The Bertz CT molecular complexity index is 1570. The third-order valence-corrected chi connectivity index (χ3v) is 7.35. The summed E-state index contributed by atoms with van der Waals surface area (Å²) < 4.78 is 2.92. The molecule has 0 unspecified atom stereocenters. The molecule has 0 radical (unpaired) electrons. The SMILES string of the molecule is CN(C)C(=O)c1ccc(-c2ccc(C(=O)N3CCC(O)(Cn4cnn5cccc5c4=O)CC3)c(Cl)c2)cc1. The summed E-state index contributed by atoms with van der Waals surface area (Å²) in [6.07, 6.45) is 3.78. The summed E-state index contributed by atoms with van der Waals surface area (Å²) in [6.45, 7) is 0.783. The predicted molar refractivity (Wildman–Crippen MR) is 144 cm³/mol. The van der Waals surface area contributed by atoms with Gasteiger partial charge in [-0.2, -0.15) is 5.10 Å². The number of halogens is 1. The first-order valence-electron chi connectivity index (χ1n) is 12.3. The van der Waals surface area contributed by atoms with Crippen molar-refractivity contribution in [3.63, 3.8) is 0 Å². The lowest BCUT2D eigenvalue weighted by Crippen LogP contribution is -2.49. The lowest BCUT2D eigenvalue weighted by atomic mass is 9.90. The van der Waals surface area contributed by atoms with Gasteiger partial charge >= 0.3 is 0 Å². The lowest BCUT2D eigenvalue weighted by molar-refractivity contribution is -0.0300. The molecule has 2 aromatic heterocycles. The zero-order chi connectivity index (χ0) is 27.0. The maximum Gasteiger partial charge on any atom is 0.277 e. The number of nitrogens with zero attached hydrogens (tertiary/aromatic N) is 5. The number of likely N-dealkylation sites (tertiary alicyclic amines) is 1. The number of piperidine rings is 1. The first-order valence-corrected chi connectivity index (χ1v) is 12.7. The molecule has 196 valence electrons. The van der Waals surface area contributed by atoms with Crippen molar-refractivity contribution < 1.29 is 14.7 Å². The first-order chi connectivity index (χ1) is 18.1. The molecule has 2 amide bonds. The molecule has 1 saturated heterocycles. The third kappa shape index (κ3) is 4.94. The number of hydrogen-bond acceptors (Lipinski definition) is 5. The van der Waals surface area contributed by atoms with E-state index in [1.54, 1.807) is 61.6 Å². The number of carbonyl (C=O) groups is 2.